The molecule has 0 saturated heterocycles. The van der Waals surface area contributed by atoms with Gasteiger partial charge in [0, 0.05) is 6.42 Å². The van der Waals surface area contributed by atoms with Gasteiger partial charge in [0.15, 0.2) is 0 Å². The molecule has 8 atom stereocenters. The molecule has 4 aliphatic carbocycles. The highest BCUT2D eigenvalue weighted by Crippen LogP contribution is 2.67. The van der Waals surface area contributed by atoms with Crippen LogP contribution < -0.4 is 4.74 Å². The van der Waals surface area contributed by atoms with Gasteiger partial charge in [-0.1, -0.05) is 84.6 Å². The topological polar surface area (TPSA) is 35.5 Å². The molecule has 0 unspecified atom stereocenters. The van der Waals surface area contributed by atoms with Gasteiger partial charge in [-0.3, -0.25) is 0 Å². The van der Waals surface area contributed by atoms with Crippen LogP contribution >= 0.6 is 0 Å². The van der Waals surface area contributed by atoms with Gasteiger partial charge in [-0.25, -0.2) is 4.79 Å². The van der Waals surface area contributed by atoms with E-state index in [2.05, 4.69) is 53.7 Å². The van der Waals surface area contributed by atoms with Gasteiger partial charge in [-0.2, -0.15) is 0 Å². The zero-order valence-corrected chi connectivity index (χ0v) is 25.6. The molecule has 0 N–H and O–H groups in total. The lowest BCUT2D eigenvalue weighted by molar-refractivity contribution is -0.0597. The maximum atomic E-state index is 12.6. The van der Waals surface area contributed by atoms with Crippen molar-refractivity contribution in [3.63, 3.8) is 0 Å². The van der Waals surface area contributed by atoms with E-state index >= 15 is 0 Å². The number of allylic oxidation sites excluding steroid dienone is 1. The van der Waals surface area contributed by atoms with Crippen molar-refractivity contribution in [3.8, 4) is 5.75 Å². The Bertz CT molecular complexity index is 1040. The van der Waals surface area contributed by atoms with E-state index in [1.54, 1.807) is 5.57 Å². The summed E-state index contributed by atoms with van der Waals surface area (Å²) in [5.41, 5.74) is 3.51. The van der Waals surface area contributed by atoms with Crippen LogP contribution in [-0.4, -0.2) is 12.3 Å². The summed E-state index contributed by atoms with van der Waals surface area (Å²) in [4.78, 5) is 12.6. The average Bonchev–Trinajstić information content (AvgIpc) is 3.26. The lowest BCUT2D eigenvalue weighted by Crippen LogP contribution is -2.51. The summed E-state index contributed by atoms with van der Waals surface area (Å²) in [6.45, 7) is 14.6. The Kier molecular flexibility index (Phi) is 8.56. The molecule has 3 saturated carbocycles. The Balaban J connectivity index is 1.21. The highest BCUT2D eigenvalue weighted by atomic mass is 16.7. The lowest BCUT2D eigenvalue weighted by Gasteiger charge is -2.58. The number of carbonyl (C=O) groups excluding carboxylic acids is 1. The van der Waals surface area contributed by atoms with Gasteiger partial charge in [0.25, 0.3) is 0 Å². The molecule has 0 spiro atoms. The summed E-state index contributed by atoms with van der Waals surface area (Å²) < 4.78 is 11.4. The molecule has 4 aliphatic rings. The zero-order valence-electron chi connectivity index (χ0n) is 25.6. The standard InChI is InChI=1S/C36H54O3/c1-7-26-12-9-13-28(22-26)38-34(37)39-29-18-20-35(5)27(23-29)14-15-30-32-17-16-31(25(4)11-8-10-24(2)3)36(32,6)21-19-33(30)35/h9,12-14,22,24-25,29-33H,7-8,10-11,15-21,23H2,1-6H3/t25-,29-,30+,31-,32+,33+,35+,36-/m1/s1. The predicted molar refractivity (Wildman–Crippen MR) is 160 cm³/mol. The van der Waals surface area contributed by atoms with E-state index < -0.39 is 6.16 Å². The van der Waals surface area contributed by atoms with Crippen LogP contribution in [0.25, 0.3) is 0 Å². The molecule has 0 radical (unpaired) electrons. The van der Waals surface area contributed by atoms with Crippen LogP contribution in [0.5, 0.6) is 5.75 Å². The highest BCUT2D eigenvalue weighted by molar-refractivity contribution is 5.64. The second-order valence-electron chi connectivity index (χ2n) is 14.6. The number of rotatable bonds is 8. The Hall–Kier alpha value is -1.77. The summed E-state index contributed by atoms with van der Waals surface area (Å²) in [5.74, 6) is 5.67. The molecule has 0 amide bonds. The van der Waals surface area contributed by atoms with Gasteiger partial charge in [-0.05, 0) is 115 Å². The number of hydrogen-bond donors (Lipinski definition) is 0. The molecule has 1 aromatic carbocycles. The summed E-state index contributed by atoms with van der Waals surface area (Å²) in [6, 6.07) is 7.75. The van der Waals surface area contributed by atoms with Gasteiger partial charge in [0.2, 0.25) is 0 Å². The maximum absolute atomic E-state index is 12.6. The predicted octanol–water partition coefficient (Wildman–Crippen LogP) is 10.2. The van der Waals surface area contributed by atoms with Gasteiger partial charge >= 0.3 is 6.16 Å². The van der Waals surface area contributed by atoms with E-state index in [0.29, 0.717) is 11.2 Å². The zero-order chi connectivity index (χ0) is 27.8. The van der Waals surface area contributed by atoms with Crippen molar-refractivity contribution < 1.29 is 14.3 Å². The number of ether oxygens (including phenoxy) is 2. The summed E-state index contributed by atoms with van der Waals surface area (Å²) >= 11 is 0. The summed E-state index contributed by atoms with van der Waals surface area (Å²) in [7, 11) is 0. The molecule has 0 aliphatic heterocycles. The Morgan fingerprint density at radius 3 is 2.62 bits per heavy atom. The van der Waals surface area contributed by atoms with Crippen molar-refractivity contribution in [2.45, 2.75) is 125 Å². The second-order valence-corrected chi connectivity index (χ2v) is 14.6. The van der Waals surface area contributed by atoms with E-state index in [0.717, 1.165) is 66.8 Å². The molecular weight excluding hydrogens is 480 g/mol. The van der Waals surface area contributed by atoms with Crippen LogP contribution in [0, 0.1) is 46.3 Å². The molecule has 0 aromatic heterocycles. The number of benzene rings is 1. The van der Waals surface area contributed by atoms with Crippen molar-refractivity contribution in [1.29, 1.82) is 0 Å². The normalized spacial score (nSPS) is 36.4. The minimum Gasteiger partial charge on any atom is -0.430 e. The first-order valence-corrected chi connectivity index (χ1v) is 16.3. The average molecular weight is 535 g/mol. The molecule has 0 bridgehead atoms. The van der Waals surface area contributed by atoms with Crippen molar-refractivity contribution in [2.75, 3.05) is 0 Å². The van der Waals surface area contributed by atoms with Crippen molar-refractivity contribution >= 4 is 6.16 Å². The Labute approximate surface area is 238 Å². The molecule has 3 heteroatoms. The first-order valence-electron chi connectivity index (χ1n) is 16.3. The number of carbonyl (C=O) groups is 1. The van der Waals surface area contributed by atoms with Gasteiger partial charge in [-0.15, -0.1) is 0 Å². The molecule has 5 rings (SSSR count). The van der Waals surface area contributed by atoms with Crippen LogP contribution in [0.15, 0.2) is 35.9 Å². The van der Waals surface area contributed by atoms with Crippen LogP contribution in [0.2, 0.25) is 0 Å². The van der Waals surface area contributed by atoms with Crippen molar-refractivity contribution in [3.05, 3.63) is 41.5 Å². The fraction of sp³-hybridized carbons (Fsp3) is 0.750. The molecule has 216 valence electrons. The Morgan fingerprint density at radius 1 is 1.03 bits per heavy atom. The minimum atomic E-state index is -0.556. The second kappa shape index (κ2) is 11.6. The Morgan fingerprint density at radius 2 is 1.85 bits per heavy atom. The third-order valence-electron chi connectivity index (χ3n) is 12.0. The van der Waals surface area contributed by atoms with E-state index in [1.807, 2.05) is 18.2 Å². The monoisotopic (exact) mass is 534 g/mol. The fourth-order valence-corrected chi connectivity index (χ4v) is 9.84. The van der Waals surface area contributed by atoms with Gasteiger partial charge in [0.1, 0.15) is 11.9 Å². The summed E-state index contributed by atoms with van der Waals surface area (Å²) in [6.07, 6.45) is 16.9. The van der Waals surface area contributed by atoms with Gasteiger partial charge < -0.3 is 9.47 Å². The van der Waals surface area contributed by atoms with Gasteiger partial charge in [0.05, 0.1) is 0 Å². The largest absolute Gasteiger partial charge is 0.514 e. The van der Waals surface area contributed by atoms with Crippen LogP contribution in [0.1, 0.15) is 118 Å². The molecule has 39 heavy (non-hydrogen) atoms. The quantitative estimate of drug-likeness (QED) is 0.189. The lowest BCUT2D eigenvalue weighted by atomic mass is 9.47. The van der Waals surface area contributed by atoms with E-state index in [-0.39, 0.29) is 11.5 Å². The van der Waals surface area contributed by atoms with E-state index in [1.165, 1.54) is 51.4 Å². The molecular formula is C36H54O3. The fourth-order valence-electron chi connectivity index (χ4n) is 9.84. The van der Waals surface area contributed by atoms with Crippen LogP contribution in [-0.2, 0) is 11.2 Å². The first-order chi connectivity index (χ1) is 18.6. The maximum Gasteiger partial charge on any atom is 0.514 e. The number of aryl methyl sites for hydroxylation is 1. The highest BCUT2D eigenvalue weighted by Gasteiger charge is 2.59. The van der Waals surface area contributed by atoms with E-state index in [9.17, 15) is 4.79 Å². The first kappa shape index (κ1) is 28.7. The van der Waals surface area contributed by atoms with Crippen LogP contribution in [0.4, 0.5) is 4.79 Å². The molecule has 3 nitrogen and oxygen atoms in total. The van der Waals surface area contributed by atoms with Crippen molar-refractivity contribution in [1.82, 2.24) is 0 Å². The third kappa shape index (κ3) is 5.71. The van der Waals surface area contributed by atoms with Crippen molar-refractivity contribution in [2.24, 2.45) is 46.3 Å². The minimum absolute atomic E-state index is 0.0702. The van der Waals surface area contributed by atoms with E-state index in [4.69, 9.17) is 9.47 Å². The number of hydrogen-bond acceptors (Lipinski definition) is 3. The molecule has 1 aromatic rings. The SMILES string of the molecule is CCc1cccc(OC(=O)O[C@@H]2CC[C@@]3(C)C(=CC[C@H]4[C@@H]5CC[C@H]([C@H](C)CCCC(C)C)[C@@]5(C)CC[C@@H]43)C2)c1. The number of fused-ring (bicyclic) bond motifs is 5. The molecule has 0 heterocycles. The molecule has 3 fully saturated rings. The third-order valence-corrected chi connectivity index (χ3v) is 12.0. The van der Waals surface area contributed by atoms with Crippen LogP contribution in [0.3, 0.4) is 0 Å². The smallest absolute Gasteiger partial charge is 0.430 e. The summed E-state index contributed by atoms with van der Waals surface area (Å²) in [5, 5.41) is 0.